The van der Waals surface area contributed by atoms with E-state index in [2.05, 4.69) is 10.9 Å². The Balaban J connectivity index is 1.81. The van der Waals surface area contributed by atoms with Gasteiger partial charge in [-0.05, 0) is 48.9 Å². The van der Waals surface area contributed by atoms with Crippen LogP contribution < -0.4 is 20.3 Å². The summed E-state index contributed by atoms with van der Waals surface area (Å²) in [6.45, 7) is 0.0662. The second-order valence-corrected chi connectivity index (χ2v) is 8.50. The number of methoxy groups -OCH3 is 2. The van der Waals surface area contributed by atoms with Crippen LogP contribution in [-0.2, 0) is 14.8 Å². The van der Waals surface area contributed by atoms with E-state index in [-0.39, 0.29) is 29.8 Å². The van der Waals surface area contributed by atoms with Gasteiger partial charge in [-0.1, -0.05) is 0 Å². The molecule has 0 unspecified atom stereocenters. The smallest absolute Gasteiger partial charge is 0.269 e. The van der Waals surface area contributed by atoms with Gasteiger partial charge < -0.3 is 9.47 Å². The van der Waals surface area contributed by atoms with Crippen molar-refractivity contribution in [2.24, 2.45) is 0 Å². The second-order valence-electron chi connectivity index (χ2n) is 6.46. The first-order chi connectivity index (χ1) is 14.7. The maximum Gasteiger partial charge on any atom is 0.269 e. The first kappa shape index (κ1) is 24.1. The van der Waals surface area contributed by atoms with Crippen molar-refractivity contribution in [3.05, 3.63) is 53.8 Å². The molecule has 0 radical (unpaired) electrons. The predicted molar refractivity (Wildman–Crippen MR) is 111 cm³/mol. The Morgan fingerprint density at radius 3 is 2.26 bits per heavy atom. The molecule has 0 aliphatic heterocycles. The van der Waals surface area contributed by atoms with E-state index in [1.54, 1.807) is 6.07 Å². The number of sulfonamides is 1. The molecule has 0 aliphatic rings. The maximum absolute atomic E-state index is 13.0. The van der Waals surface area contributed by atoms with E-state index in [1.165, 1.54) is 45.5 Å². The number of benzene rings is 2. The number of rotatable bonds is 9. The van der Waals surface area contributed by atoms with Crippen LogP contribution in [0.2, 0.25) is 0 Å². The average Bonchev–Trinajstić information content (AvgIpc) is 2.77. The van der Waals surface area contributed by atoms with Crippen LogP contribution in [0.25, 0.3) is 0 Å². The van der Waals surface area contributed by atoms with Crippen LogP contribution in [0.3, 0.4) is 0 Å². The van der Waals surface area contributed by atoms with Crippen molar-refractivity contribution in [1.29, 1.82) is 0 Å². The molecule has 0 fully saturated rings. The lowest BCUT2D eigenvalue weighted by Crippen LogP contribution is -2.41. The van der Waals surface area contributed by atoms with Crippen LogP contribution in [-0.4, -0.2) is 52.3 Å². The number of carbonyl (C=O) groups excluding carboxylic acids is 2. The van der Waals surface area contributed by atoms with Crippen LogP contribution in [0.4, 0.5) is 4.39 Å². The highest BCUT2D eigenvalue weighted by Gasteiger charge is 2.20. The van der Waals surface area contributed by atoms with Gasteiger partial charge in [0.2, 0.25) is 15.9 Å². The number of ether oxygens (including phenoxy) is 2. The van der Waals surface area contributed by atoms with Crippen LogP contribution in [0.5, 0.6) is 11.5 Å². The first-order valence-corrected chi connectivity index (χ1v) is 10.7. The molecule has 2 amide bonds. The summed E-state index contributed by atoms with van der Waals surface area (Å²) in [6.07, 6.45) is 0.199. The van der Waals surface area contributed by atoms with Crippen LogP contribution in [0.15, 0.2) is 47.4 Å². The Hall–Kier alpha value is -3.18. The fourth-order valence-electron chi connectivity index (χ4n) is 2.61. The third-order valence-electron chi connectivity index (χ3n) is 4.36. The molecule has 0 heterocycles. The fraction of sp³-hybridized carbons (Fsp3) is 0.300. The highest BCUT2D eigenvalue weighted by atomic mass is 32.2. The van der Waals surface area contributed by atoms with Crippen molar-refractivity contribution in [3.63, 3.8) is 0 Å². The minimum absolute atomic E-state index is 0.0184. The van der Waals surface area contributed by atoms with Crippen molar-refractivity contribution in [3.8, 4) is 11.5 Å². The first-order valence-electron chi connectivity index (χ1n) is 9.22. The van der Waals surface area contributed by atoms with E-state index >= 15 is 0 Å². The average molecular weight is 453 g/mol. The van der Waals surface area contributed by atoms with E-state index in [0.29, 0.717) is 11.5 Å². The monoisotopic (exact) mass is 453 g/mol. The number of nitrogens with one attached hydrogen (secondary N) is 2. The summed E-state index contributed by atoms with van der Waals surface area (Å²) in [5, 5.41) is 0. The van der Waals surface area contributed by atoms with Gasteiger partial charge >= 0.3 is 0 Å². The van der Waals surface area contributed by atoms with Gasteiger partial charge in [-0.3, -0.25) is 20.4 Å². The van der Waals surface area contributed by atoms with Gasteiger partial charge in [-0.2, -0.15) is 0 Å². The SMILES string of the molecule is COc1ccc(C(=O)NNC(=O)CCCN(C)S(=O)(=O)c2ccc(F)cc2)cc1OC. The molecule has 168 valence electrons. The minimum atomic E-state index is -3.78. The normalized spacial score (nSPS) is 11.1. The van der Waals surface area contributed by atoms with Gasteiger partial charge in [0.15, 0.2) is 11.5 Å². The zero-order chi connectivity index (χ0) is 23.0. The molecule has 2 N–H and O–H groups in total. The molecule has 2 rings (SSSR count). The molecule has 0 aromatic heterocycles. The molecule has 0 saturated heterocycles. The molecule has 0 bridgehead atoms. The predicted octanol–water partition coefficient (Wildman–Crippen LogP) is 1.70. The van der Waals surface area contributed by atoms with E-state index < -0.39 is 27.7 Å². The Morgan fingerprint density at radius 1 is 1.00 bits per heavy atom. The van der Waals surface area contributed by atoms with E-state index in [0.717, 1.165) is 16.4 Å². The van der Waals surface area contributed by atoms with Gasteiger partial charge in [0.1, 0.15) is 5.82 Å². The quantitative estimate of drug-likeness (QED) is 0.559. The summed E-state index contributed by atoms with van der Waals surface area (Å²) in [5.41, 5.74) is 4.81. The Labute approximate surface area is 180 Å². The summed E-state index contributed by atoms with van der Waals surface area (Å²) >= 11 is 0. The fourth-order valence-corrected chi connectivity index (χ4v) is 3.82. The molecular weight excluding hydrogens is 429 g/mol. The summed E-state index contributed by atoms with van der Waals surface area (Å²) in [4.78, 5) is 24.1. The Morgan fingerprint density at radius 2 is 1.65 bits per heavy atom. The third kappa shape index (κ3) is 6.40. The Bertz CT molecular complexity index is 1030. The lowest BCUT2D eigenvalue weighted by molar-refractivity contribution is -0.122. The Kier molecular flexibility index (Phi) is 8.34. The summed E-state index contributed by atoms with van der Waals surface area (Å²) in [5.74, 6) is -0.741. The van der Waals surface area contributed by atoms with Gasteiger partial charge in [0.05, 0.1) is 19.1 Å². The van der Waals surface area contributed by atoms with Crippen molar-refractivity contribution in [1.82, 2.24) is 15.2 Å². The number of halogens is 1. The lowest BCUT2D eigenvalue weighted by Gasteiger charge is -2.17. The highest BCUT2D eigenvalue weighted by molar-refractivity contribution is 7.89. The highest BCUT2D eigenvalue weighted by Crippen LogP contribution is 2.27. The third-order valence-corrected chi connectivity index (χ3v) is 6.23. The molecule has 0 spiro atoms. The van der Waals surface area contributed by atoms with Gasteiger partial charge in [-0.25, -0.2) is 17.1 Å². The molecule has 0 atom stereocenters. The zero-order valence-electron chi connectivity index (χ0n) is 17.3. The van der Waals surface area contributed by atoms with Gasteiger partial charge in [0.25, 0.3) is 5.91 Å². The van der Waals surface area contributed by atoms with Crippen molar-refractivity contribution < 1.29 is 31.9 Å². The number of carbonyl (C=O) groups is 2. The largest absolute Gasteiger partial charge is 0.493 e. The van der Waals surface area contributed by atoms with E-state index in [9.17, 15) is 22.4 Å². The van der Waals surface area contributed by atoms with Crippen molar-refractivity contribution >= 4 is 21.8 Å². The molecular formula is C20H24FN3O6S. The van der Waals surface area contributed by atoms with Gasteiger partial charge in [0, 0.05) is 25.6 Å². The standard InChI is InChI=1S/C20H24FN3O6S/c1-24(31(27,28)16-9-7-15(21)8-10-16)12-4-5-19(25)22-23-20(26)14-6-11-17(29-2)18(13-14)30-3/h6-11,13H,4-5,12H2,1-3H3,(H,22,25)(H,23,26). The number of hydrogen-bond donors (Lipinski definition) is 2. The summed E-state index contributed by atoms with van der Waals surface area (Å²) in [7, 11) is 0.497. The number of hydrazine groups is 1. The second kappa shape index (κ2) is 10.7. The van der Waals surface area contributed by atoms with Crippen LogP contribution in [0, 0.1) is 5.82 Å². The van der Waals surface area contributed by atoms with Crippen LogP contribution in [0.1, 0.15) is 23.2 Å². The van der Waals surface area contributed by atoms with Crippen molar-refractivity contribution in [2.45, 2.75) is 17.7 Å². The molecule has 31 heavy (non-hydrogen) atoms. The maximum atomic E-state index is 13.0. The molecule has 0 saturated carbocycles. The number of hydrogen-bond acceptors (Lipinski definition) is 6. The van der Waals surface area contributed by atoms with E-state index in [1.807, 2.05) is 0 Å². The molecule has 2 aromatic rings. The topological polar surface area (TPSA) is 114 Å². The van der Waals surface area contributed by atoms with E-state index in [4.69, 9.17) is 9.47 Å². The molecule has 11 heteroatoms. The van der Waals surface area contributed by atoms with Crippen molar-refractivity contribution in [2.75, 3.05) is 27.8 Å². The molecule has 0 aliphatic carbocycles. The number of nitrogens with zero attached hydrogens (tertiary/aromatic N) is 1. The number of amides is 2. The van der Waals surface area contributed by atoms with Crippen LogP contribution >= 0.6 is 0 Å². The zero-order valence-corrected chi connectivity index (χ0v) is 18.2. The summed E-state index contributed by atoms with van der Waals surface area (Å²) in [6, 6.07) is 9.03. The minimum Gasteiger partial charge on any atom is -0.493 e. The van der Waals surface area contributed by atoms with Gasteiger partial charge in [-0.15, -0.1) is 0 Å². The molecule has 9 nitrogen and oxygen atoms in total. The summed E-state index contributed by atoms with van der Waals surface area (Å²) < 4.78 is 49.1. The lowest BCUT2D eigenvalue weighted by atomic mass is 10.2. The molecule has 2 aromatic carbocycles.